The van der Waals surface area contributed by atoms with E-state index < -0.39 is 11.8 Å². The van der Waals surface area contributed by atoms with Gasteiger partial charge in [0, 0.05) is 10.2 Å². The average molecular weight is 389 g/mol. The van der Waals surface area contributed by atoms with Crippen LogP contribution in [0.1, 0.15) is 35.2 Å². The van der Waals surface area contributed by atoms with Crippen LogP contribution in [0.5, 0.6) is 0 Å². The second-order valence-corrected chi connectivity index (χ2v) is 6.87. The highest BCUT2D eigenvalue weighted by Gasteiger charge is 2.18. The van der Waals surface area contributed by atoms with E-state index in [1.807, 2.05) is 26.8 Å². The van der Waals surface area contributed by atoms with Gasteiger partial charge in [-0.1, -0.05) is 34.1 Å². The Morgan fingerprint density at radius 3 is 2.29 bits per heavy atom. The monoisotopic (exact) mass is 388 g/mol. The second-order valence-electron chi connectivity index (χ2n) is 5.95. The lowest BCUT2D eigenvalue weighted by atomic mass is 9.96. The molecule has 2 aromatic rings. The number of halogens is 1. The van der Waals surface area contributed by atoms with Crippen LogP contribution in [0.15, 0.2) is 40.9 Å². The molecule has 1 atom stereocenters. The molecule has 0 aliphatic heterocycles. The van der Waals surface area contributed by atoms with Crippen molar-refractivity contribution < 1.29 is 9.59 Å². The molecule has 0 aliphatic rings. The molecule has 4 nitrogen and oxygen atoms in total. The molecule has 0 spiro atoms. The van der Waals surface area contributed by atoms with Crippen molar-refractivity contribution in [3.63, 3.8) is 0 Å². The van der Waals surface area contributed by atoms with Crippen LogP contribution in [0.4, 0.5) is 5.69 Å². The van der Waals surface area contributed by atoms with Crippen LogP contribution >= 0.6 is 15.9 Å². The Kier molecular flexibility index (Phi) is 5.78. The number of anilines is 1. The van der Waals surface area contributed by atoms with E-state index in [1.54, 1.807) is 18.2 Å². The van der Waals surface area contributed by atoms with E-state index >= 15 is 0 Å². The van der Waals surface area contributed by atoms with E-state index in [2.05, 4.69) is 45.6 Å². The number of rotatable bonds is 3. The molecular formula is C19H21BrN2O2. The first kappa shape index (κ1) is 18.2. The largest absolute Gasteiger partial charge is 0.341 e. The average Bonchev–Trinajstić information content (AvgIpc) is 2.50. The van der Waals surface area contributed by atoms with Crippen molar-refractivity contribution in [1.29, 1.82) is 0 Å². The number of carbonyl (C=O) groups excluding carboxylic acids is 2. The van der Waals surface area contributed by atoms with Gasteiger partial charge in [-0.3, -0.25) is 9.59 Å². The molecule has 0 fully saturated rings. The summed E-state index contributed by atoms with van der Waals surface area (Å²) in [4.78, 5) is 24.2. The Hall–Kier alpha value is -2.14. The maximum Gasteiger partial charge on any atom is 0.313 e. The molecule has 0 heterocycles. The normalized spacial score (nSPS) is 11.7. The van der Waals surface area contributed by atoms with Crippen LogP contribution in [0.2, 0.25) is 0 Å². The van der Waals surface area contributed by atoms with Crippen LogP contribution in [0.3, 0.4) is 0 Å². The third kappa shape index (κ3) is 4.45. The molecule has 0 bridgehead atoms. The van der Waals surface area contributed by atoms with Gasteiger partial charge in [-0.05, 0) is 68.1 Å². The summed E-state index contributed by atoms with van der Waals surface area (Å²) in [7, 11) is 0. The summed E-state index contributed by atoms with van der Waals surface area (Å²) < 4.78 is 0.833. The van der Waals surface area contributed by atoms with E-state index in [0.29, 0.717) is 5.69 Å². The number of amides is 2. The molecule has 5 heteroatoms. The van der Waals surface area contributed by atoms with Crippen LogP contribution in [0.25, 0.3) is 0 Å². The Morgan fingerprint density at radius 2 is 1.62 bits per heavy atom. The maximum atomic E-state index is 12.1. The highest BCUT2D eigenvalue weighted by atomic mass is 79.9. The van der Waals surface area contributed by atoms with Crippen molar-refractivity contribution in [2.24, 2.45) is 0 Å². The lowest BCUT2D eigenvalue weighted by Crippen LogP contribution is -2.37. The molecule has 2 N–H and O–H groups in total. The molecule has 24 heavy (non-hydrogen) atoms. The number of benzene rings is 2. The van der Waals surface area contributed by atoms with Crippen molar-refractivity contribution >= 4 is 33.4 Å². The van der Waals surface area contributed by atoms with Crippen molar-refractivity contribution in [2.75, 3.05) is 5.32 Å². The van der Waals surface area contributed by atoms with Crippen LogP contribution in [-0.2, 0) is 9.59 Å². The summed E-state index contributed by atoms with van der Waals surface area (Å²) in [6.45, 7) is 7.97. The molecule has 0 unspecified atom stereocenters. The minimum atomic E-state index is -0.679. The van der Waals surface area contributed by atoms with Crippen LogP contribution in [0, 0.1) is 20.8 Å². The van der Waals surface area contributed by atoms with E-state index in [4.69, 9.17) is 0 Å². The summed E-state index contributed by atoms with van der Waals surface area (Å²) in [6, 6.07) is 11.0. The molecule has 2 aromatic carbocycles. The minimum absolute atomic E-state index is 0.245. The van der Waals surface area contributed by atoms with Gasteiger partial charge >= 0.3 is 11.8 Å². The SMILES string of the molecule is Cc1cc(C)c([C@@H](C)NC(=O)C(=O)Nc2cccc(Br)c2)cc1C. The molecule has 0 aromatic heterocycles. The molecule has 126 valence electrons. The molecule has 0 saturated heterocycles. The molecule has 0 saturated carbocycles. The number of aryl methyl sites for hydroxylation is 3. The number of nitrogens with one attached hydrogen (secondary N) is 2. The molecule has 2 rings (SSSR count). The number of carbonyl (C=O) groups is 2. The molecule has 2 amide bonds. The lowest BCUT2D eigenvalue weighted by Gasteiger charge is -2.18. The van der Waals surface area contributed by atoms with Gasteiger partial charge in [0.15, 0.2) is 0 Å². The predicted octanol–water partition coefficient (Wildman–Crippen LogP) is 4.19. The standard InChI is InChI=1S/C19H21BrN2O2/c1-11-8-13(3)17(9-12(11)2)14(4)21-18(23)19(24)22-16-7-5-6-15(20)10-16/h5-10,14H,1-4H3,(H,21,23)(H,22,24)/t14-/m1/s1. The first-order valence-electron chi connectivity index (χ1n) is 7.73. The van der Waals surface area contributed by atoms with E-state index in [0.717, 1.165) is 21.2 Å². The summed E-state index contributed by atoms with van der Waals surface area (Å²) >= 11 is 3.33. The Morgan fingerprint density at radius 1 is 0.958 bits per heavy atom. The Bertz CT molecular complexity index is 787. The maximum absolute atomic E-state index is 12.1. The zero-order chi connectivity index (χ0) is 17.9. The first-order valence-corrected chi connectivity index (χ1v) is 8.52. The molecular weight excluding hydrogens is 368 g/mol. The van der Waals surface area contributed by atoms with Gasteiger partial charge in [0.25, 0.3) is 0 Å². The van der Waals surface area contributed by atoms with Crippen molar-refractivity contribution in [1.82, 2.24) is 5.32 Å². The quantitative estimate of drug-likeness (QED) is 0.774. The third-order valence-corrected chi connectivity index (χ3v) is 4.48. The highest BCUT2D eigenvalue weighted by molar-refractivity contribution is 9.10. The smallest absolute Gasteiger partial charge is 0.313 e. The number of hydrogen-bond acceptors (Lipinski definition) is 2. The van der Waals surface area contributed by atoms with Crippen LogP contribution < -0.4 is 10.6 Å². The zero-order valence-electron chi connectivity index (χ0n) is 14.2. The van der Waals surface area contributed by atoms with Gasteiger partial charge in [-0.25, -0.2) is 0 Å². The van der Waals surface area contributed by atoms with Crippen molar-refractivity contribution in [3.05, 3.63) is 63.1 Å². The Balaban J connectivity index is 2.06. The van der Waals surface area contributed by atoms with Crippen molar-refractivity contribution in [2.45, 2.75) is 33.7 Å². The molecule has 0 aliphatic carbocycles. The molecule has 0 radical (unpaired) electrons. The third-order valence-electron chi connectivity index (χ3n) is 3.99. The topological polar surface area (TPSA) is 58.2 Å². The van der Waals surface area contributed by atoms with Gasteiger partial charge in [-0.15, -0.1) is 0 Å². The van der Waals surface area contributed by atoms with Gasteiger partial charge in [0.05, 0.1) is 6.04 Å². The lowest BCUT2D eigenvalue weighted by molar-refractivity contribution is -0.136. The van der Waals surface area contributed by atoms with E-state index in [9.17, 15) is 9.59 Å². The fourth-order valence-electron chi connectivity index (χ4n) is 2.54. The van der Waals surface area contributed by atoms with Crippen LogP contribution in [-0.4, -0.2) is 11.8 Å². The Labute approximate surface area is 150 Å². The minimum Gasteiger partial charge on any atom is -0.341 e. The van der Waals surface area contributed by atoms with Gasteiger partial charge < -0.3 is 10.6 Å². The summed E-state index contributed by atoms with van der Waals surface area (Å²) in [5.41, 5.74) is 5.05. The first-order chi connectivity index (χ1) is 11.3. The second kappa shape index (κ2) is 7.62. The van der Waals surface area contributed by atoms with E-state index in [1.165, 1.54) is 5.56 Å². The predicted molar refractivity (Wildman–Crippen MR) is 100.0 cm³/mol. The highest BCUT2D eigenvalue weighted by Crippen LogP contribution is 2.21. The van der Waals surface area contributed by atoms with Gasteiger partial charge in [0.2, 0.25) is 0 Å². The zero-order valence-corrected chi connectivity index (χ0v) is 15.8. The fourth-order valence-corrected chi connectivity index (χ4v) is 2.94. The summed E-state index contributed by atoms with van der Waals surface area (Å²) in [5, 5.41) is 5.35. The summed E-state index contributed by atoms with van der Waals surface area (Å²) in [6.07, 6.45) is 0. The van der Waals surface area contributed by atoms with Gasteiger partial charge in [-0.2, -0.15) is 0 Å². The van der Waals surface area contributed by atoms with E-state index in [-0.39, 0.29) is 6.04 Å². The van der Waals surface area contributed by atoms with Gasteiger partial charge in [0.1, 0.15) is 0 Å². The number of hydrogen-bond donors (Lipinski definition) is 2. The summed E-state index contributed by atoms with van der Waals surface area (Å²) in [5.74, 6) is -1.33. The fraction of sp³-hybridized carbons (Fsp3) is 0.263. The van der Waals surface area contributed by atoms with Crippen molar-refractivity contribution in [3.8, 4) is 0 Å².